The van der Waals surface area contributed by atoms with Gasteiger partial charge in [0.1, 0.15) is 6.42 Å². The molecular formula is C17H22N2O4. The molecule has 0 spiro atoms. The average Bonchev–Trinajstić information content (AvgIpc) is 2.83. The largest absolute Gasteiger partial charge is 0.454 e. The second-order valence-electron chi connectivity index (χ2n) is 6.05. The molecule has 0 aromatic heterocycles. The Hall–Kier alpha value is -2.24. The van der Waals surface area contributed by atoms with Crippen molar-refractivity contribution in [1.29, 1.82) is 0 Å². The third kappa shape index (κ3) is 4.37. The Bertz CT molecular complexity index is 580. The maximum atomic E-state index is 12.0. The van der Waals surface area contributed by atoms with Gasteiger partial charge in [-0.15, -0.1) is 0 Å². The molecule has 1 aromatic rings. The van der Waals surface area contributed by atoms with Gasteiger partial charge in [-0.05, 0) is 25.0 Å². The van der Waals surface area contributed by atoms with Crippen LogP contribution in [0.2, 0.25) is 0 Å². The van der Waals surface area contributed by atoms with Gasteiger partial charge in [-0.2, -0.15) is 0 Å². The molecule has 2 aliphatic rings. The standard InChI is InChI=1S/C17H22N2O4/c20-16(18-12-5-3-1-2-4-6-12)10-17(21)19-13-7-8-14-15(9-13)23-11-22-14/h7-9,12H,1-6,10-11H2,(H,18,20)(H,19,21). The average molecular weight is 318 g/mol. The predicted molar refractivity (Wildman–Crippen MR) is 85.4 cm³/mol. The molecule has 0 saturated heterocycles. The van der Waals surface area contributed by atoms with Crippen molar-refractivity contribution in [2.75, 3.05) is 12.1 Å². The molecule has 2 amide bonds. The van der Waals surface area contributed by atoms with Crippen molar-refractivity contribution >= 4 is 17.5 Å². The van der Waals surface area contributed by atoms with E-state index in [4.69, 9.17) is 9.47 Å². The number of ether oxygens (including phenoxy) is 2. The first-order valence-electron chi connectivity index (χ1n) is 8.19. The molecule has 6 nitrogen and oxygen atoms in total. The van der Waals surface area contributed by atoms with Crippen molar-refractivity contribution < 1.29 is 19.1 Å². The Labute approximate surface area is 135 Å². The lowest BCUT2D eigenvalue weighted by molar-refractivity contribution is -0.127. The number of benzene rings is 1. The quantitative estimate of drug-likeness (QED) is 0.661. The van der Waals surface area contributed by atoms with Gasteiger partial charge in [0, 0.05) is 17.8 Å². The topological polar surface area (TPSA) is 76.7 Å². The zero-order valence-corrected chi connectivity index (χ0v) is 13.1. The molecule has 3 rings (SSSR count). The van der Waals surface area contributed by atoms with Gasteiger partial charge in [0.2, 0.25) is 18.6 Å². The number of nitrogens with one attached hydrogen (secondary N) is 2. The first-order chi connectivity index (χ1) is 11.2. The number of carbonyl (C=O) groups excluding carboxylic acids is 2. The minimum atomic E-state index is -0.324. The van der Waals surface area contributed by atoms with Gasteiger partial charge in [-0.25, -0.2) is 0 Å². The Morgan fingerprint density at radius 1 is 1.00 bits per heavy atom. The second-order valence-corrected chi connectivity index (χ2v) is 6.05. The number of anilines is 1. The lowest BCUT2D eigenvalue weighted by atomic mass is 10.1. The van der Waals surface area contributed by atoms with Crippen molar-refractivity contribution in [1.82, 2.24) is 5.32 Å². The maximum Gasteiger partial charge on any atom is 0.233 e. The van der Waals surface area contributed by atoms with Crippen molar-refractivity contribution in [2.45, 2.75) is 51.0 Å². The first-order valence-corrected chi connectivity index (χ1v) is 8.19. The Balaban J connectivity index is 1.47. The van der Waals surface area contributed by atoms with Gasteiger partial charge < -0.3 is 20.1 Å². The fourth-order valence-electron chi connectivity index (χ4n) is 3.03. The van der Waals surface area contributed by atoms with E-state index in [9.17, 15) is 9.59 Å². The number of fused-ring (bicyclic) bond motifs is 1. The smallest absolute Gasteiger partial charge is 0.233 e. The van der Waals surface area contributed by atoms with Crippen molar-refractivity contribution in [3.63, 3.8) is 0 Å². The van der Waals surface area contributed by atoms with Gasteiger partial charge in [-0.1, -0.05) is 25.7 Å². The highest BCUT2D eigenvalue weighted by Crippen LogP contribution is 2.34. The van der Waals surface area contributed by atoms with Crippen LogP contribution in [0.4, 0.5) is 5.69 Å². The van der Waals surface area contributed by atoms with Crippen LogP contribution in [0.1, 0.15) is 44.9 Å². The Kier molecular flexibility index (Phi) is 5.00. The summed E-state index contributed by atoms with van der Waals surface area (Å²) in [6.45, 7) is 0.191. The van der Waals surface area contributed by atoms with Crippen LogP contribution in [0.5, 0.6) is 11.5 Å². The van der Waals surface area contributed by atoms with E-state index in [0.717, 1.165) is 25.7 Å². The van der Waals surface area contributed by atoms with Gasteiger partial charge in [-0.3, -0.25) is 9.59 Å². The van der Waals surface area contributed by atoms with Gasteiger partial charge >= 0.3 is 0 Å². The summed E-state index contributed by atoms with van der Waals surface area (Å²) in [4.78, 5) is 24.0. The lowest BCUT2D eigenvalue weighted by Gasteiger charge is -2.16. The van der Waals surface area contributed by atoms with Crippen molar-refractivity contribution in [3.8, 4) is 11.5 Å². The molecule has 1 aromatic carbocycles. The van der Waals surface area contributed by atoms with Crippen molar-refractivity contribution in [2.24, 2.45) is 0 Å². The normalized spacial score (nSPS) is 17.4. The summed E-state index contributed by atoms with van der Waals surface area (Å²) in [5, 5.41) is 5.69. The summed E-state index contributed by atoms with van der Waals surface area (Å²) in [6, 6.07) is 5.38. The van der Waals surface area contributed by atoms with Crippen LogP contribution in [0.15, 0.2) is 18.2 Å². The fourth-order valence-corrected chi connectivity index (χ4v) is 3.03. The summed E-state index contributed by atoms with van der Waals surface area (Å²) < 4.78 is 10.5. The molecule has 124 valence electrons. The summed E-state index contributed by atoms with van der Waals surface area (Å²) in [5.74, 6) is 0.727. The van der Waals surface area contributed by atoms with Crippen LogP contribution >= 0.6 is 0 Å². The third-order valence-electron chi connectivity index (χ3n) is 4.20. The maximum absolute atomic E-state index is 12.0. The number of hydrogen-bond acceptors (Lipinski definition) is 4. The molecule has 1 aliphatic carbocycles. The number of amides is 2. The molecule has 1 saturated carbocycles. The monoisotopic (exact) mass is 318 g/mol. The van der Waals surface area contributed by atoms with Crippen LogP contribution < -0.4 is 20.1 Å². The number of carbonyl (C=O) groups is 2. The summed E-state index contributed by atoms with van der Waals surface area (Å²) >= 11 is 0. The van der Waals surface area contributed by atoms with E-state index in [1.165, 1.54) is 12.8 Å². The van der Waals surface area contributed by atoms with Crippen LogP contribution in [-0.2, 0) is 9.59 Å². The molecule has 0 radical (unpaired) electrons. The van der Waals surface area contributed by atoms with E-state index in [1.54, 1.807) is 18.2 Å². The fraction of sp³-hybridized carbons (Fsp3) is 0.529. The highest BCUT2D eigenvalue weighted by atomic mass is 16.7. The van der Waals surface area contributed by atoms with Crippen LogP contribution in [0, 0.1) is 0 Å². The third-order valence-corrected chi connectivity index (χ3v) is 4.20. The molecule has 1 aliphatic heterocycles. The van der Waals surface area contributed by atoms with Crippen LogP contribution in [-0.4, -0.2) is 24.6 Å². The Morgan fingerprint density at radius 3 is 2.52 bits per heavy atom. The highest BCUT2D eigenvalue weighted by Gasteiger charge is 2.18. The van der Waals surface area contributed by atoms with E-state index in [2.05, 4.69) is 10.6 Å². The molecule has 0 unspecified atom stereocenters. The molecule has 1 heterocycles. The SMILES string of the molecule is O=C(CC(=O)NC1CCCCCC1)Nc1ccc2c(c1)OCO2. The Morgan fingerprint density at radius 2 is 1.74 bits per heavy atom. The zero-order valence-electron chi connectivity index (χ0n) is 13.1. The molecule has 1 fully saturated rings. The first kappa shape index (κ1) is 15.6. The summed E-state index contributed by atoms with van der Waals surface area (Å²) in [6.07, 6.45) is 6.62. The highest BCUT2D eigenvalue weighted by molar-refractivity contribution is 6.03. The molecule has 23 heavy (non-hydrogen) atoms. The minimum Gasteiger partial charge on any atom is -0.454 e. The lowest BCUT2D eigenvalue weighted by Crippen LogP contribution is -2.36. The van der Waals surface area contributed by atoms with Gasteiger partial charge in [0.25, 0.3) is 0 Å². The molecular weight excluding hydrogens is 296 g/mol. The molecule has 6 heteroatoms. The van der Waals surface area contributed by atoms with E-state index in [-0.39, 0.29) is 31.1 Å². The molecule has 0 bridgehead atoms. The predicted octanol–water partition coefficient (Wildman–Crippen LogP) is 2.58. The van der Waals surface area contributed by atoms with Crippen LogP contribution in [0.3, 0.4) is 0 Å². The van der Waals surface area contributed by atoms with E-state index in [0.29, 0.717) is 17.2 Å². The van der Waals surface area contributed by atoms with E-state index >= 15 is 0 Å². The van der Waals surface area contributed by atoms with Gasteiger partial charge in [0.15, 0.2) is 11.5 Å². The van der Waals surface area contributed by atoms with Crippen molar-refractivity contribution in [3.05, 3.63) is 18.2 Å². The second kappa shape index (κ2) is 7.35. The summed E-state index contributed by atoms with van der Waals surface area (Å²) in [7, 11) is 0. The van der Waals surface area contributed by atoms with Crippen LogP contribution in [0.25, 0.3) is 0 Å². The number of hydrogen-bond donors (Lipinski definition) is 2. The summed E-state index contributed by atoms with van der Waals surface area (Å²) in [5.41, 5.74) is 0.599. The van der Waals surface area contributed by atoms with Gasteiger partial charge in [0.05, 0.1) is 0 Å². The van der Waals surface area contributed by atoms with E-state index < -0.39 is 0 Å². The molecule has 2 N–H and O–H groups in total. The number of rotatable bonds is 4. The zero-order chi connectivity index (χ0) is 16.1. The minimum absolute atomic E-state index is 0.162. The molecule has 0 atom stereocenters. The van der Waals surface area contributed by atoms with E-state index in [1.807, 2.05) is 0 Å².